The van der Waals surface area contributed by atoms with Crippen molar-refractivity contribution in [3.05, 3.63) is 30.2 Å². The van der Waals surface area contributed by atoms with Crippen LogP contribution >= 0.6 is 0 Å². The van der Waals surface area contributed by atoms with Crippen LogP contribution in [0.4, 0.5) is 0 Å². The largest absolute Gasteiger partial charge is 0.471 e. The molecule has 1 aromatic heterocycles. The lowest BCUT2D eigenvalue weighted by atomic mass is 10.3. The smallest absolute Gasteiger partial charge is 0.462 e. The number of nitrogens with zero attached hydrogens (tertiary/aromatic N) is 1. The number of hydrogen-bond donors (Lipinski definition) is 1. The molecule has 1 heterocycles. The maximum absolute atomic E-state index is 10.8. The number of aromatic nitrogens is 1. The number of aryl methyl sites for hydroxylation is 1. The third-order valence-electron chi connectivity index (χ3n) is 2.11. The van der Waals surface area contributed by atoms with E-state index < -0.39 is 5.97 Å². The van der Waals surface area contributed by atoms with Crippen molar-refractivity contribution in [1.29, 1.82) is 0 Å². The molecular formula is C10H10NO3+. The molecule has 72 valence electrons. The fraction of sp³-hybridized carbons (Fsp3) is 0.200. The number of oxazole rings is 1. The van der Waals surface area contributed by atoms with Crippen LogP contribution in [0.25, 0.3) is 11.1 Å². The van der Waals surface area contributed by atoms with Crippen molar-refractivity contribution in [2.24, 2.45) is 0 Å². The van der Waals surface area contributed by atoms with Gasteiger partial charge in [-0.3, -0.25) is 0 Å². The second kappa shape index (κ2) is 3.14. The van der Waals surface area contributed by atoms with Crippen molar-refractivity contribution in [1.82, 2.24) is 0 Å². The van der Waals surface area contributed by atoms with Crippen molar-refractivity contribution in [3.63, 3.8) is 0 Å². The summed E-state index contributed by atoms with van der Waals surface area (Å²) in [6.45, 7) is 2.47. The number of rotatable bonds is 2. The molecule has 0 bridgehead atoms. The molecule has 0 aliphatic carbocycles. The summed E-state index contributed by atoms with van der Waals surface area (Å²) in [5.41, 5.74) is 1.42. The summed E-state index contributed by atoms with van der Waals surface area (Å²) in [5, 5.41) is 8.88. The fourth-order valence-corrected chi connectivity index (χ4v) is 1.51. The van der Waals surface area contributed by atoms with Gasteiger partial charge in [-0.05, 0) is 13.0 Å². The molecule has 2 rings (SSSR count). The first-order chi connectivity index (χ1) is 6.74. The van der Waals surface area contributed by atoms with Crippen LogP contribution in [-0.4, -0.2) is 11.1 Å². The Morgan fingerprint density at radius 3 is 2.86 bits per heavy atom. The van der Waals surface area contributed by atoms with E-state index in [1.165, 1.54) is 0 Å². The molecular weight excluding hydrogens is 182 g/mol. The van der Waals surface area contributed by atoms with Gasteiger partial charge in [0.15, 0.2) is 6.54 Å². The van der Waals surface area contributed by atoms with Crippen molar-refractivity contribution < 1.29 is 18.9 Å². The first kappa shape index (κ1) is 8.74. The van der Waals surface area contributed by atoms with E-state index in [1.54, 1.807) is 10.6 Å². The van der Waals surface area contributed by atoms with Crippen LogP contribution in [0.2, 0.25) is 0 Å². The molecule has 4 heteroatoms. The van der Waals surface area contributed by atoms with Crippen molar-refractivity contribution in [3.8, 4) is 0 Å². The van der Waals surface area contributed by atoms with Gasteiger partial charge in [-0.25, -0.2) is 4.79 Å². The second-order valence-electron chi connectivity index (χ2n) is 2.92. The van der Waals surface area contributed by atoms with Gasteiger partial charge in [0, 0.05) is 6.07 Å². The van der Waals surface area contributed by atoms with Crippen LogP contribution in [-0.2, 0) is 6.54 Å². The quantitative estimate of drug-likeness (QED) is 0.732. The van der Waals surface area contributed by atoms with Gasteiger partial charge in [-0.2, -0.15) is 4.57 Å². The fourth-order valence-electron chi connectivity index (χ4n) is 1.51. The number of fused-ring (bicyclic) bond motifs is 1. The van der Waals surface area contributed by atoms with Crippen LogP contribution in [0.1, 0.15) is 17.6 Å². The SMILES string of the molecule is CC[n+]1c(C(=O)O)oc2ccccc21. The van der Waals surface area contributed by atoms with E-state index >= 15 is 0 Å². The Bertz CT molecular complexity index is 487. The summed E-state index contributed by atoms with van der Waals surface area (Å²) in [6.07, 6.45) is 0. The van der Waals surface area contributed by atoms with Crippen LogP contribution in [0, 0.1) is 0 Å². The molecule has 0 fully saturated rings. The third-order valence-corrected chi connectivity index (χ3v) is 2.11. The minimum atomic E-state index is -1.04. The first-order valence-electron chi connectivity index (χ1n) is 4.38. The van der Waals surface area contributed by atoms with Gasteiger partial charge in [-0.15, -0.1) is 0 Å². The average Bonchev–Trinajstić information content (AvgIpc) is 2.56. The standard InChI is InChI=1S/C10H9NO3/c1-2-11-7-5-3-4-6-8(7)14-9(11)10(12)13/h3-6H,2H2,1H3/p+1. The number of hydrogen-bond acceptors (Lipinski definition) is 2. The molecule has 1 aromatic carbocycles. The van der Waals surface area contributed by atoms with E-state index in [9.17, 15) is 4.79 Å². The van der Waals surface area contributed by atoms with Gasteiger partial charge in [0.2, 0.25) is 5.58 Å². The maximum atomic E-state index is 10.8. The molecule has 0 aliphatic heterocycles. The lowest BCUT2D eigenvalue weighted by molar-refractivity contribution is -0.675. The van der Waals surface area contributed by atoms with Gasteiger partial charge in [0.25, 0.3) is 5.52 Å². The monoisotopic (exact) mass is 192 g/mol. The molecule has 0 radical (unpaired) electrons. The number of benzene rings is 1. The van der Waals surface area contributed by atoms with E-state index in [0.717, 1.165) is 5.52 Å². The summed E-state index contributed by atoms with van der Waals surface area (Å²) in [5.74, 6) is -1.06. The Labute approximate surface area is 80.4 Å². The van der Waals surface area contributed by atoms with Crippen molar-refractivity contribution in [2.45, 2.75) is 13.5 Å². The van der Waals surface area contributed by atoms with E-state index in [-0.39, 0.29) is 5.89 Å². The molecule has 0 aliphatic rings. The predicted octanol–water partition coefficient (Wildman–Crippen LogP) is 1.44. The highest BCUT2D eigenvalue weighted by molar-refractivity contribution is 5.83. The van der Waals surface area contributed by atoms with Crippen LogP contribution in [0.15, 0.2) is 28.7 Å². The highest BCUT2D eigenvalue weighted by Gasteiger charge is 2.26. The van der Waals surface area contributed by atoms with Crippen LogP contribution in [0.3, 0.4) is 0 Å². The lowest BCUT2D eigenvalue weighted by Crippen LogP contribution is -2.37. The Hall–Kier alpha value is -1.84. The molecule has 0 saturated heterocycles. The molecule has 0 unspecified atom stereocenters. The van der Waals surface area contributed by atoms with Gasteiger partial charge in [-0.1, -0.05) is 12.1 Å². The maximum Gasteiger partial charge on any atom is 0.462 e. The third kappa shape index (κ3) is 1.16. The van der Waals surface area contributed by atoms with Crippen LogP contribution < -0.4 is 4.57 Å². The van der Waals surface area contributed by atoms with E-state index in [2.05, 4.69) is 0 Å². The Morgan fingerprint density at radius 1 is 1.50 bits per heavy atom. The van der Waals surface area contributed by atoms with E-state index in [1.807, 2.05) is 25.1 Å². The number of para-hydroxylation sites is 2. The minimum absolute atomic E-state index is 0.0197. The van der Waals surface area contributed by atoms with Crippen LogP contribution in [0.5, 0.6) is 0 Å². The average molecular weight is 192 g/mol. The Morgan fingerprint density at radius 2 is 2.21 bits per heavy atom. The number of carboxylic acid groups (broad SMARTS) is 1. The zero-order chi connectivity index (χ0) is 10.1. The highest BCUT2D eigenvalue weighted by atomic mass is 16.4. The van der Waals surface area contributed by atoms with Crippen molar-refractivity contribution >= 4 is 17.1 Å². The molecule has 0 amide bonds. The molecule has 0 atom stereocenters. The summed E-state index contributed by atoms with van der Waals surface area (Å²) >= 11 is 0. The number of carboxylic acids is 1. The van der Waals surface area contributed by atoms with E-state index in [0.29, 0.717) is 12.1 Å². The van der Waals surface area contributed by atoms with Gasteiger partial charge < -0.3 is 9.52 Å². The van der Waals surface area contributed by atoms with Gasteiger partial charge in [0.1, 0.15) is 0 Å². The Balaban J connectivity index is 2.78. The van der Waals surface area contributed by atoms with Gasteiger partial charge in [0.05, 0.1) is 0 Å². The normalized spacial score (nSPS) is 10.6. The highest BCUT2D eigenvalue weighted by Crippen LogP contribution is 2.12. The summed E-state index contributed by atoms with van der Waals surface area (Å²) in [7, 11) is 0. The molecule has 0 spiro atoms. The predicted molar refractivity (Wildman–Crippen MR) is 49.0 cm³/mol. The lowest BCUT2D eigenvalue weighted by Gasteiger charge is -1.87. The minimum Gasteiger partial charge on any atom is -0.471 e. The van der Waals surface area contributed by atoms with E-state index in [4.69, 9.17) is 9.52 Å². The summed E-state index contributed by atoms with van der Waals surface area (Å²) < 4.78 is 6.85. The summed E-state index contributed by atoms with van der Waals surface area (Å²) in [6, 6.07) is 7.27. The zero-order valence-electron chi connectivity index (χ0n) is 7.73. The van der Waals surface area contributed by atoms with Crippen molar-refractivity contribution in [2.75, 3.05) is 0 Å². The Kier molecular flexibility index (Phi) is 1.96. The molecule has 14 heavy (non-hydrogen) atoms. The molecule has 1 N–H and O–H groups in total. The second-order valence-corrected chi connectivity index (χ2v) is 2.92. The number of carbonyl (C=O) groups is 1. The molecule has 2 aromatic rings. The molecule has 0 saturated carbocycles. The summed E-state index contributed by atoms with van der Waals surface area (Å²) in [4.78, 5) is 10.8. The first-order valence-corrected chi connectivity index (χ1v) is 4.38. The molecule has 4 nitrogen and oxygen atoms in total. The zero-order valence-corrected chi connectivity index (χ0v) is 7.73. The topological polar surface area (TPSA) is 54.3 Å². The van der Waals surface area contributed by atoms with Gasteiger partial charge >= 0.3 is 11.9 Å². The number of aromatic carboxylic acids is 1.